The molecule has 0 aromatic heterocycles. The Balaban J connectivity index is 2.01. The van der Waals surface area contributed by atoms with Crippen LogP contribution < -0.4 is 5.32 Å². The Hall–Kier alpha value is -1.45. The van der Waals surface area contributed by atoms with E-state index in [2.05, 4.69) is 5.32 Å². The summed E-state index contributed by atoms with van der Waals surface area (Å²) in [4.78, 5) is 19.0. The highest BCUT2D eigenvalue weighted by Crippen LogP contribution is 2.49. The quantitative estimate of drug-likeness (QED) is 0.716. The molecular weight excluding hydrogens is 273 g/mol. The third-order valence-electron chi connectivity index (χ3n) is 3.05. The van der Waals surface area contributed by atoms with E-state index in [9.17, 15) is 14.4 Å². The molecule has 4 nitrogen and oxygen atoms in total. The van der Waals surface area contributed by atoms with Crippen LogP contribution in [0.1, 0.15) is 16.9 Å². The van der Waals surface area contributed by atoms with Crippen LogP contribution in [0.2, 0.25) is 0 Å². The van der Waals surface area contributed by atoms with Gasteiger partial charge in [0.15, 0.2) is 0 Å². The van der Waals surface area contributed by atoms with Gasteiger partial charge in [0, 0.05) is 6.54 Å². The Morgan fingerprint density at radius 2 is 1.50 bits per heavy atom. The van der Waals surface area contributed by atoms with Crippen molar-refractivity contribution in [1.82, 2.24) is 5.32 Å². The fourth-order valence-electron chi connectivity index (χ4n) is 2.06. The van der Waals surface area contributed by atoms with Crippen LogP contribution in [-0.2, 0) is 11.0 Å². The van der Waals surface area contributed by atoms with Gasteiger partial charge in [-0.25, -0.2) is 0 Å². The molecule has 5 heteroatoms. The molecule has 3 N–H and O–H groups in total. The Kier molecular flexibility index (Phi) is 5.10. The third-order valence-corrected chi connectivity index (χ3v) is 4.20. The molecule has 1 atom stereocenters. The Morgan fingerprint density at radius 3 is 2.05 bits per heavy atom. The van der Waals surface area contributed by atoms with E-state index in [-0.39, 0.29) is 0 Å². The lowest BCUT2D eigenvalue weighted by Crippen LogP contribution is -2.23. The molecule has 20 heavy (non-hydrogen) atoms. The number of benzene rings is 2. The van der Waals surface area contributed by atoms with Crippen LogP contribution in [0.5, 0.6) is 0 Å². The van der Waals surface area contributed by atoms with E-state index in [1.54, 1.807) is 24.3 Å². The fourth-order valence-corrected chi connectivity index (χ4v) is 2.99. The highest BCUT2D eigenvalue weighted by atomic mass is 31.2. The van der Waals surface area contributed by atoms with Gasteiger partial charge in [0.05, 0.1) is 0 Å². The largest absolute Gasteiger partial charge is 0.346 e. The van der Waals surface area contributed by atoms with Crippen LogP contribution in [0.3, 0.4) is 0 Å². The topological polar surface area (TPSA) is 69.6 Å². The van der Waals surface area contributed by atoms with Gasteiger partial charge in [-0.05, 0) is 17.5 Å². The van der Waals surface area contributed by atoms with Crippen LogP contribution in [0.25, 0.3) is 0 Å². The van der Waals surface area contributed by atoms with Gasteiger partial charge in [-0.1, -0.05) is 60.7 Å². The first-order chi connectivity index (χ1) is 9.57. The molecular formula is C15H18NO3P. The lowest BCUT2D eigenvalue weighted by Gasteiger charge is -2.20. The van der Waals surface area contributed by atoms with Gasteiger partial charge in [0.2, 0.25) is 0 Å². The summed E-state index contributed by atoms with van der Waals surface area (Å²) in [7, 11) is -4.23. The van der Waals surface area contributed by atoms with E-state index in [0.29, 0.717) is 12.1 Å². The number of hydrogen-bond donors (Lipinski definition) is 3. The molecule has 0 saturated carbocycles. The van der Waals surface area contributed by atoms with E-state index in [4.69, 9.17) is 0 Å². The maximum absolute atomic E-state index is 11.6. The summed E-state index contributed by atoms with van der Waals surface area (Å²) in [6, 6.07) is 18.7. The molecule has 0 saturated heterocycles. The molecule has 0 aliphatic rings. The maximum Gasteiger partial charge on any atom is 0.346 e. The summed E-state index contributed by atoms with van der Waals surface area (Å²) in [5, 5.41) is 2.96. The standard InChI is InChI=1S/C15H18NO3P/c17-20(18,19)15(14-9-5-2-6-10-14)16-12-11-13-7-3-1-4-8-13/h1-10,15-16H,11-12H2,(H2,17,18,19). The molecule has 0 fully saturated rings. The van der Waals surface area contributed by atoms with Crippen LogP contribution in [0.4, 0.5) is 0 Å². The van der Waals surface area contributed by atoms with Gasteiger partial charge in [-0.2, -0.15) is 0 Å². The van der Waals surface area contributed by atoms with Crippen LogP contribution in [0, 0.1) is 0 Å². The predicted molar refractivity (Wildman–Crippen MR) is 79.4 cm³/mol. The minimum Gasteiger partial charge on any atom is -0.323 e. The lowest BCUT2D eigenvalue weighted by molar-refractivity contribution is 0.348. The number of nitrogens with one attached hydrogen (secondary N) is 1. The Bertz CT molecular complexity index is 568. The summed E-state index contributed by atoms with van der Waals surface area (Å²) in [5.41, 5.74) is 1.74. The first-order valence-electron chi connectivity index (χ1n) is 6.45. The highest BCUT2D eigenvalue weighted by Gasteiger charge is 2.29. The molecule has 2 rings (SSSR count). The number of hydrogen-bond acceptors (Lipinski definition) is 2. The summed E-state index contributed by atoms with van der Waals surface area (Å²) in [6.45, 7) is 0.509. The average Bonchev–Trinajstić information content (AvgIpc) is 2.44. The van der Waals surface area contributed by atoms with Crippen molar-refractivity contribution in [2.24, 2.45) is 0 Å². The summed E-state index contributed by atoms with van der Waals surface area (Å²) < 4.78 is 11.6. The van der Waals surface area contributed by atoms with Crippen molar-refractivity contribution in [3.63, 3.8) is 0 Å². The molecule has 2 aromatic rings. The Morgan fingerprint density at radius 1 is 0.950 bits per heavy atom. The third kappa shape index (κ3) is 4.29. The van der Waals surface area contributed by atoms with Crippen molar-refractivity contribution in [2.75, 3.05) is 6.54 Å². The second kappa shape index (κ2) is 6.82. The van der Waals surface area contributed by atoms with E-state index in [1.165, 1.54) is 0 Å². The lowest BCUT2D eigenvalue weighted by atomic mass is 10.1. The van der Waals surface area contributed by atoms with Gasteiger partial charge in [0.25, 0.3) is 0 Å². The first kappa shape index (κ1) is 14.9. The van der Waals surface area contributed by atoms with E-state index in [1.807, 2.05) is 36.4 Å². The van der Waals surface area contributed by atoms with Gasteiger partial charge < -0.3 is 9.79 Å². The van der Waals surface area contributed by atoms with Crippen molar-refractivity contribution < 1.29 is 14.4 Å². The fraction of sp³-hybridized carbons (Fsp3) is 0.200. The summed E-state index contributed by atoms with van der Waals surface area (Å²) >= 11 is 0. The van der Waals surface area contributed by atoms with E-state index >= 15 is 0 Å². The molecule has 106 valence electrons. The minimum atomic E-state index is -4.23. The van der Waals surface area contributed by atoms with Crippen molar-refractivity contribution in [1.29, 1.82) is 0 Å². The molecule has 0 aliphatic heterocycles. The van der Waals surface area contributed by atoms with Crippen molar-refractivity contribution in [3.8, 4) is 0 Å². The molecule has 0 bridgehead atoms. The first-order valence-corrected chi connectivity index (χ1v) is 8.13. The SMILES string of the molecule is O=P(O)(O)C(NCCc1ccccc1)c1ccccc1. The van der Waals surface area contributed by atoms with Gasteiger partial charge >= 0.3 is 7.60 Å². The van der Waals surface area contributed by atoms with E-state index in [0.717, 1.165) is 12.0 Å². The molecule has 0 amide bonds. The zero-order valence-corrected chi connectivity index (χ0v) is 11.9. The molecule has 0 radical (unpaired) electrons. The molecule has 1 unspecified atom stereocenters. The molecule has 0 aliphatic carbocycles. The van der Waals surface area contributed by atoms with Crippen LogP contribution in [0.15, 0.2) is 60.7 Å². The average molecular weight is 291 g/mol. The molecule has 0 spiro atoms. The van der Waals surface area contributed by atoms with E-state index < -0.39 is 13.4 Å². The highest BCUT2D eigenvalue weighted by molar-refractivity contribution is 7.52. The maximum atomic E-state index is 11.6. The Labute approximate surface area is 118 Å². The monoisotopic (exact) mass is 291 g/mol. The van der Waals surface area contributed by atoms with Gasteiger partial charge in [0.1, 0.15) is 5.78 Å². The minimum absolute atomic E-state index is 0.509. The van der Waals surface area contributed by atoms with Crippen LogP contribution in [-0.4, -0.2) is 16.3 Å². The van der Waals surface area contributed by atoms with Crippen molar-refractivity contribution >= 4 is 7.60 Å². The van der Waals surface area contributed by atoms with Gasteiger partial charge in [-0.3, -0.25) is 9.88 Å². The zero-order valence-electron chi connectivity index (χ0n) is 11.0. The van der Waals surface area contributed by atoms with Crippen LogP contribution >= 0.6 is 7.60 Å². The molecule has 2 aromatic carbocycles. The second-order valence-corrected chi connectivity index (χ2v) is 6.29. The second-order valence-electron chi connectivity index (χ2n) is 4.59. The molecule has 0 heterocycles. The predicted octanol–water partition coefficient (Wildman–Crippen LogP) is 2.70. The van der Waals surface area contributed by atoms with Gasteiger partial charge in [-0.15, -0.1) is 0 Å². The summed E-state index contributed by atoms with van der Waals surface area (Å²) in [6.07, 6.45) is 0.726. The van der Waals surface area contributed by atoms with Crippen molar-refractivity contribution in [3.05, 3.63) is 71.8 Å². The summed E-state index contributed by atoms with van der Waals surface area (Å²) in [5.74, 6) is -0.951. The number of rotatable bonds is 6. The zero-order chi connectivity index (χ0) is 14.4. The smallest absolute Gasteiger partial charge is 0.323 e. The normalized spacial score (nSPS) is 13.1. The van der Waals surface area contributed by atoms with Crippen molar-refractivity contribution in [2.45, 2.75) is 12.2 Å².